The van der Waals surface area contributed by atoms with Crippen LogP contribution in [0.4, 0.5) is 17.1 Å². The average molecular weight is 654 g/mol. The molecule has 0 bridgehead atoms. The van der Waals surface area contributed by atoms with Crippen molar-refractivity contribution in [2.75, 3.05) is 4.90 Å². The third-order valence-electron chi connectivity index (χ3n) is 13.5. The Balaban J connectivity index is 1.13. The molecule has 1 heteroatoms. The highest BCUT2D eigenvalue weighted by molar-refractivity contribution is 6.11. The van der Waals surface area contributed by atoms with Gasteiger partial charge < -0.3 is 4.90 Å². The van der Waals surface area contributed by atoms with E-state index in [0.29, 0.717) is 0 Å². The Hall–Kier alpha value is -5.40. The summed E-state index contributed by atoms with van der Waals surface area (Å²) in [6.07, 6.45) is 18.7. The van der Waals surface area contributed by atoms with Gasteiger partial charge in [-0.15, -0.1) is 0 Å². The highest BCUT2D eigenvalue weighted by Gasteiger charge is 2.59. The van der Waals surface area contributed by atoms with Crippen LogP contribution in [-0.4, -0.2) is 0 Å². The van der Waals surface area contributed by atoms with E-state index in [9.17, 15) is 0 Å². The normalized spacial score (nSPS) is 21.5. The van der Waals surface area contributed by atoms with E-state index in [1.807, 2.05) is 0 Å². The van der Waals surface area contributed by atoms with Crippen molar-refractivity contribution in [3.05, 3.63) is 183 Å². The van der Waals surface area contributed by atoms with Crippen LogP contribution < -0.4 is 4.90 Å². The molecule has 7 aliphatic rings. The van der Waals surface area contributed by atoms with Gasteiger partial charge in [-0.05, 0) is 147 Å². The van der Waals surface area contributed by atoms with Crippen molar-refractivity contribution in [1.29, 1.82) is 0 Å². The maximum atomic E-state index is 2.58. The van der Waals surface area contributed by atoms with Crippen LogP contribution in [0, 0.1) is 0 Å². The lowest BCUT2D eigenvalue weighted by atomic mass is 9.72. The van der Waals surface area contributed by atoms with Crippen molar-refractivity contribution in [3.63, 3.8) is 0 Å². The van der Waals surface area contributed by atoms with E-state index in [2.05, 4.69) is 146 Å². The average Bonchev–Trinajstić information content (AvgIpc) is 3.84. The molecule has 1 nitrogen and oxygen atoms in total. The molecule has 1 unspecified atom stereocenters. The molecule has 1 spiro atoms. The Kier molecular flexibility index (Phi) is 5.37. The maximum absolute atomic E-state index is 2.58. The van der Waals surface area contributed by atoms with Crippen molar-refractivity contribution in [1.82, 2.24) is 0 Å². The van der Waals surface area contributed by atoms with Crippen molar-refractivity contribution >= 4 is 39.9 Å². The lowest BCUT2D eigenvalue weighted by molar-refractivity contribution is 0.607. The predicted octanol–water partition coefficient (Wildman–Crippen LogP) is 12.8. The Morgan fingerprint density at radius 2 is 1.35 bits per heavy atom. The zero-order chi connectivity index (χ0) is 33.6. The number of benzene rings is 5. The van der Waals surface area contributed by atoms with E-state index in [-0.39, 0.29) is 10.8 Å². The summed E-state index contributed by atoms with van der Waals surface area (Å²) in [4.78, 5) is 2.58. The molecule has 5 aromatic rings. The zero-order valence-corrected chi connectivity index (χ0v) is 29.3. The van der Waals surface area contributed by atoms with E-state index in [0.717, 1.165) is 38.5 Å². The fourth-order valence-electron chi connectivity index (χ4n) is 11.4. The van der Waals surface area contributed by atoms with E-state index in [4.69, 9.17) is 0 Å². The second-order valence-electron chi connectivity index (χ2n) is 16.1. The SMILES string of the molecule is CC1(C)C2=C(C=CCC2)c2ccc(N(c3ccc4c(c3)C35C6=C(CCC=C6c6cccc-4c63)c3ccccc35)c3cccc4c3C=CCC4)cc21. The van der Waals surface area contributed by atoms with E-state index >= 15 is 0 Å². The summed E-state index contributed by atoms with van der Waals surface area (Å²) in [7, 11) is 0. The molecule has 12 rings (SSSR count). The van der Waals surface area contributed by atoms with Gasteiger partial charge >= 0.3 is 0 Å². The molecule has 0 aromatic heterocycles. The minimum absolute atomic E-state index is 0.00602. The number of nitrogens with zero attached hydrogens (tertiary/aromatic N) is 1. The van der Waals surface area contributed by atoms with Gasteiger partial charge in [0.2, 0.25) is 0 Å². The molecule has 7 aliphatic carbocycles. The van der Waals surface area contributed by atoms with Gasteiger partial charge in [0, 0.05) is 22.4 Å². The van der Waals surface area contributed by atoms with Gasteiger partial charge in [-0.2, -0.15) is 0 Å². The summed E-state index contributed by atoms with van der Waals surface area (Å²) in [6, 6.07) is 38.1. The van der Waals surface area contributed by atoms with Crippen LogP contribution >= 0.6 is 0 Å². The number of fused-ring (bicyclic) bond motifs is 8. The monoisotopic (exact) mass is 653 g/mol. The minimum Gasteiger partial charge on any atom is -0.310 e. The number of hydrogen-bond donors (Lipinski definition) is 0. The maximum Gasteiger partial charge on any atom is 0.0734 e. The standard InChI is InChI=1S/C50H39N/c1-49(2)42-21-7-5-15-34(42)36-26-24-31(28-44(36)49)51(46-23-9-13-30-12-3-4-14-33(30)46)32-25-27-37-39-18-11-20-41-40-19-10-17-38-35-16-6-8-22-43(35)50(47(38)40,48(39)41)45(37)29-32/h4-6,8-9,11,13-16,18-20,22-29H,3,7,10,12,17,21H2,1-2H3. The summed E-state index contributed by atoms with van der Waals surface area (Å²) >= 11 is 0. The number of aryl methyl sites for hydroxylation is 1. The lowest BCUT2D eigenvalue weighted by Crippen LogP contribution is -2.24. The smallest absolute Gasteiger partial charge is 0.0734 e. The number of hydrogen-bond acceptors (Lipinski definition) is 1. The predicted molar refractivity (Wildman–Crippen MR) is 213 cm³/mol. The molecule has 51 heavy (non-hydrogen) atoms. The van der Waals surface area contributed by atoms with Crippen LogP contribution in [0.15, 0.2) is 133 Å². The van der Waals surface area contributed by atoms with E-state index < -0.39 is 0 Å². The number of rotatable bonds is 3. The Labute approximate surface area is 300 Å². The summed E-state index contributed by atoms with van der Waals surface area (Å²) in [5.74, 6) is 0. The van der Waals surface area contributed by atoms with Crippen LogP contribution in [-0.2, 0) is 17.3 Å². The van der Waals surface area contributed by atoms with Crippen molar-refractivity contribution < 1.29 is 0 Å². The third kappa shape index (κ3) is 3.34. The molecule has 0 radical (unpaired) electrons. The molecule has 0 amide bonds. The van der Waals surface area contributed by atoms with Gasteiger partial charge in [-0.3, -0.25) is 0 Å². The van der Waals surface area contributed by atoms with Crippen LogP contribution in [0.2, 0.25) is 0 Å². The molecule has 0 fully saturated rings. The summed E-state index contributed by atoms with van der Waals surface area (Å²) in [5, 5.41) is 0. The number of allylic oxidation sites excluding steroid dienone is 9. The first-order valence-electron chi connectivity index (χ1n) is 19.0. The third-order valence-corrected chi connectivity index (χ3v) is 13.5. The molecule has 1 atom stereocenters. The Bertz CT molecular complexity index is 2610. The van der Waals surface area contributed by atoms with Crippen LogP contribution in [0.1, 0.15) is 96.0 Å². The highest BCUT2D eigenvalue weighted by atomic mass is 15.1. The largest absolute Gasteiger partial charge is 0.310 e. The molecular formula is C50H39N. The number of anilines is 3. The lowest BCUT2D eigenvalue weighted by Gasteiger charge is -2.33. The quantitative estimate of drug-likeness (QED) is 0.187. The van der Waals surface area contributed by atoms with Gasteiger partial charge in [-0.25, -0.2) is 0 Å². The van der Waals surface area contributed by atoms with Gasteiger partial charge in [0.15, 0.2) is 0 Å². The first-order chi connectivity index (χ1) is 25.1. The fourth-order valence-corrected chi connectivity index (χ4v) is 11.4. The molecule has 0 saturated heterocycles. The molecule has 0 heterocycles. The topological polar surface area (TPSA) is 3.24 Å². The highest BCUT2D eigenvalue weighted by Crippen LogP contribution is 2.71. The van der Waals surface area contributed by atoms with Crippen molar-refractivity contribution in [3.8, 4) is 11.1 Å². The summed E-state index contributed by atoms with van der Waals surface area (Å²) in [6.45, 7) is 4.88. The Morgan fingerprint density at radius 1 is 0.588 bits per heavy atom. The first-order valence-corrected chi connectivity index (χ1v) is 19.0. The van der Waals surface area contributed by atoms with Crippen LogP contribution in [0.3, 0.4) is 0 Å². The molecule has 5 aromatic carbocycles. The van der Waals surface area contributed by atoms with Gasteiger partial charge in [-0.1, -0.05) is 117 Å². The molecule has 244 valence electrons. The van der Waals surface area contributed by atoms with Gasteiger partial charge in [0.1, 0.15) is 0 Å². The van der Waals surface area contributed by atoms with E-state index in [1.165, 1.54) is 89.4 Å². The van der Waals surface area contributed by atoms with E-state index in [1.54, 1.807) is 16.7 Å². The molecule has 0 saturated carbocycles. The zero-order valence-electron chi connectivity index (χ0n) is 29.3. The summed E-state index contributed by atoms with van der Waals surface area (Å²) in [5.41, 5.74) is 26.9. The van der Waals surface area contributed by atoms with Gasteiger partial charge in [0.05, 0.1) is 11.1 Å². The second kappa shape index (κ2) is 9.68. The van der Waals surface area contributed by atoms with Crippen LogP contribution in [0.25, 0.3) is 33.9 Å². The van der Waals surface area contributed by atoms with Crippen molar-refractivity contribution in [2.24, 2.45) is 0 Å². The Morgan fingerprint density at radius 3 is 2.27 bits per heavy atom. The molecule has 0 aliphatic heterocycles. The van der Waals surface area contributed by atoms with Gasteiger partial charge in [0.25, 0.3) is 0 Å². The summed E-state index contributed by atoms with van der Waals surface area (Å²) < 4.78 is 0. The minimum atomic E-state index is -0.258. The van der Waals surface area contributed by atoms with Crippen LogP contribution in [0.5, 0.6) is 0 Å². The fraction of sp³-hybridized carbons (Fsp3) is 0.200. The first kappa shape index (κ1) is 28.3. The molecular weight excluding hydrogens is 615 g/mol. The second-order valence-corrected chi connectivity index (χ2v) is 16.1. The molecule has 0 N–H and O–H groups in total. The van der Waals surface area contributed by atoms with Crippen molar-refractivity contribution in [2.45, 2.75) is 63.2 Å².